The van der Waals surface area contributed by atoms with Crippen molar-refractivity contribution < 1.29 is 9.63 Å². The Hall–Kier alpha value is -1.43. The normalized spacial score (nSPS) is 20.8. The minimum atomic E-state index is -0.262. The second kappa shape index (κ2) is 6.13. The van der Waals surface area contributed by atoms with E-state index in [1.807, 2.05) is 25.1 Å². The van der Waals surface area contributed by atoms with Gasteiger partial charge in [0.2, 0.25) is 0 Å². The number of halogens is 1. The summed E-state index contributed by atoms with van der Waals surface area (Å²) in [7, 11) is 0. The molecule has 6 heteroatoms. The van der Waals surface area contributed by atoms with E-state index < -0.39 is 0 Å². The molecule has 1 fully saturated rings. The topological polar surface area (TPSA) is 62.4 Å². The largest absolute Gasteiger partial charge is 0.393 e. The van der Waals surface area contributed by atoms with Crippen molar-refractivity contribution in [3.8, 4) is 11.5 Å². The molecule has 1 aromatic carbocycles. The zero-order valence-corrected chi connectivity index (χ0v) is 12.6. The predicted molar refractivity (Wildman–Crippen MR) is 79.8 cm³/mol. The second-order valence-electron chi connectivity index (χ2n) is 5.55. The Kier molecular flexibility index (Phi) is 4.24. The first-order valence-corrected chi connectivity index (χ1v) is 7.48. The van der Waals surface area contributed by atoms with Crippen LogP contribution in [0.4, 0.5) is 0 Å². The fraction of sp³-hybridized carbons (Fsp3) is 0.467. The van der Waals surface area contributed by atoms with Crippen molar-refractivity contribution in [1.82, 2.24) is 15.0 Å². The third-order valence-electron chi connectivity index (χ3n) is 3.90. The van der Waals surface area contributed by atoms with Gasteiger partial charge < -0.3 is 9.63 Å². The number of rotatable bonds is 4. The van der Waals surface area contributed by atoms with E-state index in [2.05, 4.69) is 15.0 Å². The molecule has 0 aliphatic carbocycles. The number of hydrogen-bond donors (Lipinski definition) is 1. The highest BCUT2D eigenvalue weighted by molar-refractivity contribution is 6.30. The van der Waals surface area contributed by atoms with Crippen LogP contribution >= 0.6 is 11.6 Å². The number of likely N-dealkylation sites (tertiary alicyclic amines) is 1. The number of nitrogens with zero attached hydrogens (tertiary/aromatic N) is 3. The van der Waals surface area contributed by atoms with Crippen LogP contribution in [0, 0.1) is 5.92 Å². The maximum absolute atomic E-state index is 9.63. The van der Waals surface area contributed by atoms with Gasteiger partial charge in [-0.3, -0.25) is 4.90 Å². The molecular weight excluding hydrogens is 290 g/mol. The highest BCUT2D eigenvalue weighted by Gasteiger charge is 2.26. The average molecular weight is 308 g/mol. The molecule has 2 atom stereocenters. The Morgan fingerprint density at radius 3 is 3.10 bits per heavy atom. The fourth-order valence-corrected chi connectivity index (χ4v) is 2.85. The standard InChI is InChI=1S/C15H18ClN3O2/c1-10(20)12-5-6-19(8-12)9-14-17-15(21-18-14)11-3-2-4-13(16)7-11/h2-4,7,10,12,20H,5-6,8-9H2,1H3. The van der Waals surface area contributed by atoms with Crippen molar-refractivity contribution in [2.75, 3.05) is 13.1 Å². The summed E-state index contributed by atoms with van der Waals surface area (Å²) in [4.78, 5) is 6.65. The van der Waals surface area contributed by atoms with Crippen LogP contribution in [-0.4, -0.2) is 39.3 Å². The minimum Gasteiger partial charge on any atom is -0.393 e. The summed E-state index contributed by atoms with van der Waals surface area (Å²) in [5, 5.41) is 14.3. The van der Waals surface area contributed by atoms with Gasteiger partial charge in [0, 0.05) is 17.1 Å². The number of aliphatic hydroxyl groups is 1. The summed E-state index contributed by atoms with van der Waals surface area (Å²) in [5.74, 6) is 1.49. The fourth-order valence-electron chi connectivity index (χ4n) is 2.66. The number of hydrogen-bond acceptors (Lipinski definition) is 5. The van der Waals surface area contributed by atoms with Gasteiger partial charge in [0.15, 0.2) is 5.82 Å². The van der Waals surface area contributed by atoms with Crippen LogP contribution in [0.15, 0.2) is 28.8 Å². The van der Waals surface area contributed by atoms with Gasteiger partial charge in [0.1, 0.15) is 0 Å². The number of aliphatic hydroxyl groups excluding tert-OH is 1. The molecule has 5 nitrogen and oxygen atoms in total. The van der Waals surface area contributed by atoms with Gasteiger partial charge in [0.25, 0.3) is 5.89 Å². The first-order chi connectivity index (χ1) is 10.1. The lowest BCUT2D eigenvalue weighted by Crippen LogP contribution is -2.24. The van der Waals surface area contributed by atoms with E-state index in [0.717, 1.165) is 25.1 Å². The Labute approximate surface area is 128 Å². The van der Waals surface area contributed by atoms with Gasteiger partial charge in [-0.2, -0.15) is 4.98 Å². The predicted octanol–water partition coefficient (Wildman–Crippen LogP) is 2.59. The molecule has 0 bridgehead atoms. The van der Waals surface area contributed by atoms with Gasteiger partial charge >= 0.3 is 0 Å². The molecule has 0 amide bonds. The third kappa shape index (κ3) is 3.43. The quantitative estimate of drug-likeness (QED) is 0.940. The lowest BCUT2D eigenvalue weighted by molar-refractivity contribution is 0.127. The van der Waals surface area contributed by atoms with E-state index in [0.29, 0.717) is 29.2 Å². The first kappa shape index (κ1) is 14.5. The smallest absolute Gasteiger partial charge is 0.258 e. The number of benzene rings is 1. The van der Waals surface area contributed by atoms with E-state index in [1.165, 1.54) is 0 Å². The Bertz CT molecular complexity index is 614. The maximum Gasteiger partial charge on any atom is 0.258 e. The zero-order chi connectivity index (χ0) is 14.8. The molecule has 1 aliphatic rings. The lowest BCUT2D eigenvalue weighted by Gasteiger charge is -2.15. The molecule has 1 N–H and O–H groups in total. The van der Waals surface area contributed by atoms with Crippen molar-refractivity contribution >= 4 is 11.6 Å². The van der Waals surface area contributed by atoms with Crippen LogP contribution in [0.2, 0.25) is 5.02 Å². The third-order valence-corrected chi connectivity index (χ3v) is 4.13. The summed E-state index contributed by atoms with van der Waals surface area (Å²) in [6, 6.07) is 7.36. The van der Waals surface area contributed by atoms with E-state index in [4.69, 9.17) is 16.1 Å². The molecule has 0 saturated carbocycles. The van der Waals surface area contributed by atoms with E-state index in [1.54, 1.807) is 6.07 Å². The lowest BCUT2D eigenvalue weighted by atomic mass is 10.0. The van der Waals surface area contributed by atoms with Crippen molar-refractivity contribution in [3.05, 3.63) is 35.1 Å². The highest BCUT2D eigenvalue weighted by Crippen LogP contribution is 2.23. The summed E-state index contributed by atoms with van der Waals surface area (Å²) >= 11 is 5.96. The summed E-state index contributed by atoms with van der Waals surface area (Å²) in [6.07, 6.45) is 0.749. The minimum absolute atomic E-state index is 0.262. The molecule has 1 saturated heterocycles. The van der Waals surface area contributed by atoms with Gasteiger partial charge in [-0.15, -0.1) is 0 Å². The maximum atomic E-state index is 9.63. The molecule has 0 spiro atoms. The van der Waals surface area contributed by atoms with E-state index in [9.17, 15) is 5.11 Å². The molecule has 2 heterocycles. The van der Waals surface area contributed by atoms with Crippen LogP contribution < -0.4 is 0 Å². The van der Waals surface area contributed by atoms with Gasteiger partial charge in [0.05, 0.1) is 12.6 Å². The summed E-state index contributed by atoms with van der Waals surface area (Å²) in [6.45, 7) is 4.32. The second-order valence-corrected chi connectivity index (χ2v) is 5.99. The van der Waals surface area contributed by atoms with Crippen molar-refractivity contribution in [2.45, 2.75) is 26.0 Å². The van der Waals surface area contributed by atoms with Crippen LogP contribution in [-0.2, 0) is 6.54 Å². The highest BCUT2D eigenvalue weighted by atomic mass is 35.5. The van der Waals surface area contributed by atoms with Crippen LogP contribution in [0.25, 0.3) is 11.5 Å². The summed E-state index contributed by atoms with van der Waals surface area (Å²) < 4.78 is 5.29. The molecule has 112 valence electrons. The van der Waals surface area contributed by atoms with Crippen molar-refractivity contribution in [3.63, 3.8) is 0 Å². The van der Waals surface area contributed by atoms with E-state index in [-0.39, 0.29) is 6.10 Å². The molecule has 21 heavy (non-hydrogen) atoms. The summed E-state index contributed by atoms with van der Waals surface area (Å²) in [5.41, 5.74) is 0.824. The van der Waals surface area contributed by atoms with Gasteiger partial charge in [-0.05, 0) is 44.0 Å². The average Bonchev–Trinajstić information content (AvgIpc) is 3.08. The number of aromatic nitrogens is 2. The Morgan fingerprint density at radius 1 is 1.52 bits per heavy atom. The van der Waals surface area contributed by atoms with Crippen LogP contribution in [0.3, 0.4) is 0 Å². The zero-order valence-electron chi connectivity index (χ0n) is 11.9. The monoisotopic (exact) mass is 307 g/mol. The van der Waals surface area contributed by atoms with Gasteiger partial charge in [-0.1, -0.05) is 22.8 Å². The molecule has 3 rings (SSSR count). The van der Waals surface area contributed by atoms with Gasteiger partial charge in [-0.25, -0.2) is 0 Å². The van der Waals surface area contributed by atoms with Crippen molar-refractivity contribution in [1.29, 1.82) is 0 Å². The molecule has 1 aliphatic heterocycles. The first-order valence-electron chi connectivity index (χ1n) is 7.11. The van der Waals surface area contributed by atoms with Crippen LogP contribution in [0.5, 0.6) is 0 Å². The Morgan fingerprint density at radius 2 is 2.38 bits per heavy atom. The van der Waals surface area contributed by atoms with Crippen molar-refractivity contribution in [2.24, 2.45) is 5.92 Å². The molecule has 2 unspecified atom stereocenters. The molecule has 0 radical (unpaired) electrons. The van der Waals surface area contributed by atoms with E-state index >= 15 is 0 Å². The molecule has 2 aromatic rings. The van der Waals surface area contributed by atoms with Crippen LogP contribution in [0.1, 0.15) is 19.2 Å². The Balaban J connectivity index is 1.66. The SMILES string of the molecule is CC(O)C1CCN(Cc2noc(-c3cccc(Cl)c3)n2)C1. The molecule has 1 aromatic heterocycles. The molecular formula is C15H18ClN3O2.